The van der Waals surface area contributed by atoms with Crippen molar-refractivity contribution in [1.29, 1.82) is 0 Å². The number of carbonyl (C=O) groups is 1. The summed E-state index contributed by atoms with van der Waals surface area (Å²) in [7, 11) is -3.70. The summed E-state index contributed by atoms with van der Waals surface area (Å²) in [6.07, 6.45) is 1.40. The number of aryl methyl sites for hydroxylation is 2. The van der Waals surface area contributed by atoms with Gasteiger partial charge in [-0.25, -0.2) is 8.42 Å². The molecule has 1 N–H and O–H groups in total. The lowest BCUT2D eigenvalue weighted by atomic mass is 10.1. The number of para-hydroxylation sites is 1. The van der Waals surface area contributed by atoms with Crippen LogP contribution in [0.25, 0.3) is 0 Å². The molecule has 0 bridgehead atoms. The maximum atomic E-state index is 12.9. The number of fused-ring (bicyclic) bond motifs is 1. The Bertz CT molecular complexity index is 967. The number of hydrogen-bond acceptors (Lipinski definition) is 3. The minimum atomic E-state index is -3.70. The first-order valence-corrected chi connectivity index (χ1v) is 10.3. The molecule has 2 aromatic rings. The van der Waals surface area contributed by atoms with E-state index in [0.29, 0.717) is 12.1 Å². The van der Waals surface area contributed by atoms with E-state index in [2.05, 4.69) is 4.72 Å². The summed E-state index contributed by atoms with van der Waals surface area (Å²) in [6, 6.07) is 10.8. The molecular weight excluding hydrogens is 348 g/mol. The molecule has 0 saturated heterocycles. The van der Waals surface area contributed by atoms with Crippen LogP contribution in [0.1, 0.15) is 37.5 Å². The highest BCUT2D eigenvalue weighted by atomic mass is 32.2. The molecule has 0 spiro atoms. The topological polar surface area (TPSA) is 66.5 Å². The summed E-state index contributed by atoms with van der Waals surface area (Å²) < 4.78 is 28.6. The van der Waals surface area contributed by atoms with Gasteiger partial charge in [0.05, 0.1) is 10.6 Å². The Balaban J connectivity index is 1.98. The highest BCUT2D eigenvalue weighted by Crippen LogP contribution is 2.34. The minimum absolute atomic E-state index is 0.0301. The number of carbonyl (C=O) groups excluding carboxylic acids is 1. The van der Waals surface area contributed by atoms with Gasteiger partial charge in [0.2, 0.25) is 5.91 Å². The summed E-state index contributed by atoms with van der Waals surface area (Å²) >= 11 is 0. The van der Waals surface area contributed by atoms with Gasteiger partial charge in [-0.2, -0.15) is 0 Å². The van der Waals surface area contributed by atoms with Gasteiger partial charge in [0.1, 0.15) is 0 Å². The van der Waals surface area contributed by atoms with Crippen molar-refractivity contribution in [2.45, 2.75) is 51.5 Å². The predicted octanol–water partition coefficient (Wildman–Crippen LogP) is 3.66. The van der Waals surface area contributed by atoms with Crippen LogP contribution in [0.2, 0.25) is 0 Å². The highest BCUT2D eigenvalue weighted by Gasteiger charge is 2.30. The number of nitrogens with one attached hydrogen (secondary N) is 1. The van der Waals surface area contributed by atoms with E-state index in [1.54, 1.807) is 23.1 Å². The number of sulfonamides is 1. The average molecular weight is 372 g/mol. The molecule has 0 fully saturated rings. The first-order chi connectivity index (χ1) is 12.2. The standard InChI is InChI=1S/C20H24N2O3S/c1-5-16-8-6-7-13(2)20(16)21-26(24,25)18-9-10-19-17(12-18)11-14(3)22(19)15(4)23/h6-10,12,14,21H,5,11H2,1-4H3/t14-/m1/s1. The van der Waals surface area contributed by atoms with E-state index >= 15 is 0 Å². The molecule has 2 aromatic carbocycles. The fraction of sp³-hybridized carbons (Fsp3) is 0.350. The van der Waals surface area contributed by atoms with Crippen LogP contribution in [-0.4, -0.2) is 20.4 Å². The summed E-state index contributed by atoms with van der Waals surface area (Å²) in [5, 5.41) is 0. The predicted molar refractivity (Wildman–Crippen MR) is 104 cm³/mol. The van der Waals surface area contributed by atoms with E-state index in [0.717, 1.165) is 28.8 Å². The van der Waals surface area contributed by atoms with Gasteiger partial charge in [-0.15, -0.1) is 0 Å². The van der Waals surface area contributed by atoms with Gasteiger partial charge in [-0.1, -0.05) is 25.1 Å². The third kappa shape index (κ3) is 3.21. The first kappa shape index (κ1) is 18.5. The molecule has 1 heterocycles. The van der Waals surface area contributed by atoms with Gasteiger partial charge in [0.15, 0.2) is 0 Å². The molecule has 0 saturated carbocycles. The molecule has 0 radical (unpaired) electrons. The second kappa shape index (κ2) is 6.76. The Labute approximate surface area is 155 Å². The number of hydrogen-bond donors (Lipinski definition) is 1. The van der Waals surface area contributed by atoms with Crippen LogP contribution in [-0.2, 0) is 27.7 Å². The molecule has 1 aliphatic heterocycles. The molecule has 6 heteroatoms. The lowest BCUT2D eigenvalue weighted by Crippen LogP contribution is -2.33. The molecule has 26 heavy (non-hydrogen) atoms. The third-order valence-corrected chi connectivity index (χ3v) is 6.24. The molecule has 138 valence electrons. The van der Waals surface area contributed by atoms with Crippen molar-refractivity contribution < 1.29 is 13.2 Å². The maximum Gasteiger partial charge on any atom is 0.261 e. The number of benzene rings is 2. The van der Waals surface area contributed by atoms with Gasteiger partial charge in [0, 0.05) is 18.7 Å². The van der Waals surface area contributed by atoms with E-state index in [1.165, 1.54) is 6.92 Å². The summed E-state index contributed by atoms with van der Waals surface area (Å²) in [6.45, 7) is 7.39. The van der Waals surface area contributed by atoms with E-state index in [1.807, 2.05) is 39.0 Å². The Hall–Kier alpha value is -2.34. The van der Waals surface area contributed by atoms with E-state index < -0.39 is 10.0 Å². The van der Waals surface area contributed by atoms with Crippen molar-refractivity contribution in [2.24, 2.45) is 0 Å². The summed E-state index contributed by atoms with van der Waals surface area (Å²) in [5.74, 6) is -0.0301. The molecule has 3 rings (SSSR count). The van der Waals surface area contributed by atoms with E-state index in [9.17, 15) is 13.2 Å². The average Bonchev–Trinajstić information content (AvgIpc) is 2.91. The van der Waals surface area contributed by atoms with Crippen LogP contribution >= 0.6 is 0 Å². The van der Waals surface area contributed by atoms with Crippen LogP contribution < -0.4 is 9.62 Å². The zero-order valence-corrected chi connectivity index (χ0v) is 16.4. The van der Waals surface area contributed by atoms with Gasteiger partial charge >= 0.3 is 0 Å². The lowest BCUT2D eigenvalue weighted by molar-refractivity contribution is -0.116. The molecule has 5 nitrogen and oxygen atoms in total. The van der Waals surface area contributed by atoms with Crippen molar-refractivity contribution in [3.63, 3.8) is 0 Å². The minimum Gasteiger partial charge on any atom is -0.309 e. The third-order valence-electron chi connectivity index (χ3n) is 4.89. The number of nitrogens with zero attached hydrogens (tertiary/aromatic N) is 1. The summed E-state index contributed by atoms with van der Waals surface area (Å²) in [5.41, 5.74) is 4.19. The van der Waals surface area contributed by atoms with Crippen LogP contribution in [0.3, 0.4) is 0 Å². The Morgan fingerprint density at radius 2 is 2.00 bits per heavy atom. The molecule has 1 atom stereocenters. The SMILES string of the molecule is CCc1cccc(C)c1NS(=O)(=O)c1ccc2c(c1)C[C@@H](C)N2C(C)=O. The van der Waals surface area contributed by atoms with Crippen molar-refractivity contribution >= 4 is 27.3 Å². The fourth-order valence-corrected chi connectivity index (χ4v) is 4.84. The second-order valence-electron chi connectivity index (χ2n) is 6.80. The Morgan fingerprint density at radius 1 is 1.27 bits per heavy atom. The highest BCUT2D eigenvalue weighted by molar-refractivity contribution is 7.92. The second-order valence-corrected chi connectivity index (χ2v) is 8.48. The molecular formula is C20H24N2O3S. The smallest absolute Gasteiger partial charge is 0.261 e. The maximum absolute atomic E-state index is 12.9. The van der Waals surface area contributed by atoms with Gasteiger partial charge < -0.3 is 4.90 Å². The quantitative estimate of drug-likeness (QED) is 0.891. The Kier molecular flexibility index (Phi) is 4.80. The van der Waals surface area contributed by atoms with Gasteiger partial charge in [-0.3, -0.25) is 9.52 Å². The van der Waals surface area contributed by atoms with E-state index in [-0.39, 0.29) is 16.8 Å². The first-order valence-electron chi connectivity index (χ1n) is 8.78. The monoisotopic (exact) mass is 372 g/mol. The van der Waals surface area contributed by atoms with Gasteiger partial charge in [0.25, 0.3) is 10.0 Å². The van der Waals surface area contributed by atoms with Crippen molar-refractivity contribution in [1.82, 2.24) is 0 Å². The fourth-order valence-electron chi connectivity index (χ4n) is 3.62. The van der Waals surface area contributed by atoms with Crippen LogP contribution in [0.15, 0.2) is 41.3 Å². The molecule has 0 aliphatic carbocycles. The van der Waals surface area contributed by atoms with Gasteiger partial charge in [-0.05, 0) is 61.6 Å². The van der Waals surface area contributed by atoms with E-state index in [4.69, 9.17) is 0 Å². The number of rotatable bonds is 4. The Morgan fingerprint density at radius 3 is 2.65 bits per heavy atom. The molecule has 0 aromatic heterocycles. The molecule has 1 amide bonds. The van der Waals surface area contributed by atoms with Crippen LogP contribution in [0, 0.1) is 6.92 Å². The van der Waals surface area contributed by atoms with Crippen molar-refractivity contribution in [3.8, 4) is 0 Å². The molecule has 1 aliphatic rings. The summed E-state index contributed by atoms with van der Waals surface area (Å²) in [4.78, 5) is 13.8. The number of anilines is 2. The normalized spacial score (nSPS) is 16.5. The van der Waals surface area contributed by atoms with Crippen LogP contribution in [0.4, 0.5) is 11.4 Å². The zero-order valence-electron chi connectivity index (χ0n) is 15.5. The largest absolute Gasteiger partial charge is 0.309 e. The zero-order chi connectivity index (χ0) is 19.1. The van der Waals surface area contributed by atoms with Crippen molar-refractivity contribution in [2.75, 3.05) is 9.62 Å². The van der Waals surface area contributed by atoms with Crippen LogP contribution in [0.5, 0.6) is 0 Å². The lowest BCUT2D eigenvalue weighted by Gasteiger charge is -2.20. The number of amides is 1. The van der Waals surface area contributed by atoms with Crippen molar-refractivity contribution in [3.05, 3.63) is 53.1 Å². The molecule has 0 unspecified atom stereocenters.